The van der Waals surface area contributed by atoms with Gasteiger partial charge in [-0.25, -0.2) is 0 Å². The van der Waals surface area contributed by atoms with E-state index in [0.717, 1.165) is 17.9 Å². The van der Waals surface area contributed by atoms with Crippen molar-refractivity contribution in [2.75, 3.05) is 11.9 Å². The summed E-state index contributed by atoms with van der Waals surface area (Å²) < 4.78 is 0. The first kappa shape index (κ1) is 13.0. The highest BCUT2D eigenvalue weighted by Crippen LogP contribution is 2.22. The van der Waals surface area contributed by atoms with E-state index in [9.17, 15) is 0 Å². The van der Waals surface area contributed by atoms with Crippen molar-refractivity contribution >= 4 is 15.9 Å². The van der Waals surface area contributed by atoms with E-state index in [1.165, 1.54) is 43.4 Å². The van der Waals surface area contributed by atoms with Crippen molar-refractivity contribution in [3.63, 3.8) is 0 Å². The Bertz CT molecular complexity index is 352. The number of aryl methyl sites for hydroxylation is 1. The number of nitrogens with zero attached hydrogens (tertiary/aromatic N) is 2. The van der Waals surface area contributed by atoms with Crippen LogP contribution in [-0.2, 0) is 6.54 Å². The van der Waals surface area contributed by atoms with Gasteiger partial charge in [0.2, 0.25) is 0 Å². The molecule has 2 rings (SSSR count). The van der Waals surface area contributed by atoms with Crippen molar-refractivity contribution in [2.45, 2.75) is 45.2 Å². The quantitative estimate of drug-likeness (QED) is 0.790. The van der Waals surface area contributed by atoms with Gasteiger partial charge < -0.3 is 0 Å². The van der Waals surface area contributed by atoms with Crippen LogP contribution < -0.4 is 0 Å². The van der Waals surface area contributed by atoms with Gasteiger partial charge >= 0.3 is 0 Å². The van der Waals surface area contributed by atoms with Crippen molar-refractivity contribution in [3.8, 4) is 0 Å². The molecule has 2 nitrogen and oxygen atoms in total. The van der Waals surface area contributed by atoms with Crippen LogP contribution >= 0.6 is 15.9 Å². The van der Waals surface area contributed by atoms with E-state index < -0.39 is 0 Å². The van der Waals surface area contributed by atoms with Gasteiger partial charge in [-0.1, -0.05) is 28.4 Å². The summed E-state index contributed by atoms with van der Waals surface area (Å²) in [7, 11) is 0. The summed E-state index contributed by atoms with van der Waals surface area (Å²) in [6.07, 6.45) is 9.28. The second kappa shape index (κ2) is 6.50. The lowest BCUT2D eigenvalue weighted by Gasteiger charge is -2.35. The molecule has 1 aromatic rings. The highest BCUT2D eigenvalue weighted by molar-refractivity contribution is 9.09. The number of hydrogen-bond donors (Lipinski definition) is 0. The maximum Gasteiger partial charge on any atom is 0.0313 e. The van der Waals surface area contributed by atoms with Crippen LogP contribution in [0.3, 0.4) is 0 Å². The molecule has 17 heavy (non-hydrogen) atoms. The summed E-state index contributed by atoms with van der Waals surface area (Å²) in [5.41, 5.74) is 2.61. The van der Waals surface area contributed by atoms with Crippen LogP contribution in [0.4, 0.5) is 0 Å². The Balaban J connectivity index is 2.00. The van der Waals surface area contributed by atoms with Gasteiger partial charge in [0.1, 0.15) is 0 Å². The van der Waals surface area contributed by atoms with Gasteiger partial charge in [-0.05, 0) is 43.9 Å². The Hall–Kier alpha value is -0.410. The fourth-order valence-electron chi connectivity index (χ4n) is 2.66. The van der Waals surface area contributed by atoms with Gasteiger partial charge in [-0.2, -0.15) is 0 Å². The molecule has 1 aliphatic rings. The van der Waals surface area contributed by atoms with Crippen molar-refractivity contribution in [3.05, 3.63) is 29.6 Å². The van der Waals surface area contributed by atoms with Crippen LogP contribution in [0.2, 0.25) is 0 Å². The molecule has 0 bridgehead atoms. The van der Waals surface area contributed by atoms with E-state index in [1.807, 2.05) is 12.4 Å². The minimum Gasteiger partial charge on any atom is -0.296 e. The third-order valence-electron chi connectivity index (χ3n) is 3.51. The van der Waals surface area contributed by atoms with Crippen LogP contribution in [0, 0.1) is 6.92 Å². The normalized spacial score (nSPS) is 21.6. The van der Waals surface area contributed by atoms with Crippen LogP contribution in [0.25, 0.3) is 0 Å². The monoisotopic (exact) mass is 296 g/mol. The smallest absolute Gasteiger partial charge is 0.0313 e. The molecule has 0 saturated carbocycles. The third kappa shape index (κ3) is 3.78. The molecule has 1 saturated heterocycles. The van der Waals surface area contributed by atoms with Crippen LogP contribution in [0.1, 0.15) is 36.8 Å². The van der Waals surface area contributed by atoms with Gasteiger partial charge in [0.25, 0.3) is 0 Å². The highest BCUT2D eigenvalue weighted by Gasteiger charge is 2.21. The van der Waals surface area contributed by atoms with Crippen LogP contribution in [0.15, 0.2) is 18.5 Å². The number of alkyl halides is 1. The molecule has 0 aliphatic carbocycles. The number of pyridine rings is 1. The molecular weight excluding hydrogens is 276 g/mol. The predicted molar refractivity (Wildman–Crippen MR) is 75.4 cm³/mol. The Morgan fingerprint density at radius 3 is 3.06 bits per heavy atom. The summed E-state index contributed by atoms with van der Waals surface area (Å²) in [4.78, 5) is 6.91. The van der Waals surface area contributed by atoms with Crippen molar-refractivity contribution in [1.29, 1.82) is 0 Å². The van der Waals surface area contributed by atoms with Gasteiger partial charge in [-0.3, -0.25) is 9.88 Å². The molecule has 0 N–H and O–H groups in total. The lowest BCUT2D eigenvalue weighted by molar-refractivity contribution is 0.137. The minimum atomic E-state index is 0.753. The predicted octanol–water partition coefficient (Wildman–Crippen LogP) is 3.53. The lowest BCUT2D eigenvalue weighted by Crippen LogP contribution is -2.39. The van der Waals surface area contributed by atoms with Gasteiger partial charge in [0.05, 0.1) is 0 Å². The van der Waals surface area contributed by atoms with Crippen molar-refractivity contribution in [1.82, 2.24) is 9.88 Å². The molecule has 1 atom stereocenters. The molecule has 1 aliphatic heterocycles. The molecule has 0 aromatic carbocycles. The molecule has 2 heterocycles. The summed E-state index contributed by atoms with van der Waals surface area (Å²) >= 11 is 3.57. The maximum atomic E-state index is 4.28. The SMILES string of the molecule is Cc1cncc(CN2CCCCC2CCBr)c1. The van der Waals surface area contributed by atoms with E-state index in [-0.39, 0.29) is 0 Å². The molecular formula is C14H21BrN2. The summed E-state index contributed by atoms with van der Waals surface area (Å²) in [5, 5.41) is 1.11. The van der Waals surface area contributed by atoms with Crippen molar-refractivity contribution in [2.24, 2.45) is 0 Å². The second-order valence-electron chi connectivity index (χ2n) is 4.97. The topological polar surface area (TPSA) is 16.1 Å². The first-order chi connectivity index (χ1) is 8.29. The van der Waals surface area contributed by atoms with Gasteiger partial charge in [0, 0.05) is 30.3 Å². The zero-order valence-electron chi connectivity index (χ0n) is 10.5. The molecule has 94 valence electrons. The lowest BCUT2D eigenvalue weighted by atomic mass is 9.99. The second-order valence-corrected chi connectivity index (χ2v) is 5.76. The van der Waals surface area contributed by atoms with E-state index in [2.05, 4.69) is 38.8 Å². The highest BCUT2D eigenvalue weighted by atomic mass is 79.9. The van der Waals surface area contributed by atoms with Gasteiger partial charge in [-0.15, -0.1) is 0 Å². The molecule has 1 unspecified atom stereocenters. The number of halogens is 1. The van der Waals surface area contributed by atoms with Crippen LogP contribution in [-0.4, -0.2) is 27.8 Å². The largest absolute Gasteiger partial charge is 0.296 e. The minimum absolute atomic E-state index is 0.753. The Morgan fingerprint density at radius 1 is 1.41 bits per heavy atom. The number of likely N-dealkylation sites (tertiary alicyclic amines) is 1. The number of hydrogen-bond acceptors (Lipinski definition) is 2. The molecule has 0 spiro atoms. The standard InChI is InChI=1S/C14H21BrN2/c1-12-8-13(10-16-9-12)11-17-7-3-2-4-14(17)5-6-15/h8-10,14H,2-7,11H2,1H3. The van der Waals surface area contributed by atoms with Crippen molar-refractivity contribution < 1.29 is 0 Å². The number of piperidine rings is 1. The zero-order chi connectivity index (χ0) is 12.1. The summed E-state index contributed by atoms with van der Waals surface area (Å²) in [6, 6.07) is 3.01. The molecule has 0 amide bonds. The van der Waals surface area contributed by atoms with E-state index >= 15 is 0 Å². The Labute approximate surface area is 113 Å². The fraction of sp³-hybridized carbons (Fsp3) is 0.643. The first-order valence-corrected chi connectivity index (χ1v) is 7.62. The molecule has 3 heteroatoms. The average Bonchev–Trinajstić information content (AvgIpc) is 2.32. The average molecular weight is 297 g/mol. The zero-order valence-corrected chi connectivity index (χ0v) is 12.1. The number of rotatable bonds is 4. The molecule has 0 radical (unpaired) electrons. The Kier molecular flexibility index (Phi) is 4.99. The summed E-state index contributed by atoms with van der Waals surface area (Å²) in [5.74, 6) is 0. The molecule has 1 fully saturated rings. The maximum absolute atomic E-state index is 4.28. The van der Waals surface area contributed by atoms with E-state index in [0.29, 0.717) is 0 Å². The van der Waals surface area contributed by atoms with Crippen LogP contribution in [0.5, 0.6) is 0 Å². The van der Waals surface area contributed by atoms with E-state index in [1.54, 1.807) is 0 Å². The van der Waals surface area contributed by atoms with Gasteiger partial charge in [0.15, 0.2) is 0 Å². The Morgan fingerprint density at radius 2 is 2.29 bits per heavy atom. The van der Waals surface area contributed by atoms with E-state index in [4.69, 9.17) is 0 Å². The first-order valence-electron chi connectivity index (χ1n) is 6.50. The molecule has 1 aromatic heterocycles. The number of aromatic nitrogens is 1. The summed E-state index contributed by atoms with van der Waals surface area (Å²) in [6.45, 7) is 4.42. The third-order valence-corrected chi connectivity index (χ3v) is 3.97. The fourth-order valence-corrected chi connectivity index (χ4v) is 3.19.